The maximum absolute atomic E-state index is 12.5. The number of aliphatic hydroxyl groups excluding tert-OH is 1. The summed E-state index contributed by atoms with van der Waals surface area (Å²) >= 11 is 3.88. The smallest absolute Gasteiger partial charge is 0.412 e. The van der Waals surface area contributed by atoms with Gasteiger partial charge in [0, 0.05) is 11.6 Å². The van der Waals surface area contributed by atoms with Crippen LogP contribution in [0.25, 0.3) is 0 Å². The molecule has 0 saturated heterocycles. The van der Waals surface area contributed by atoms with Crippen LogP contribution in [0.4, 0.5) is 10.5 Å². The molecule has 0 heterocycles. The summed E-state index contributed by atoms with van der Waals surface area (Å²) in [6.45, 7) is 2.25. The predicted molar refractivity (Wildman–Crippen MR) is 117 cm³/mol. The largest absolute Gasteiger partial charge is 0.491 e. The van der Waals surface area contributed by atoms with E-state index in [1.165, 1.54) is 0 Å². The van der Waals surface area contributed by atoms with Crippen LogP contribution in [0.3, 0.4) is 0 Å². The number of thiol groups is 1. The Balaban J connectivity index is 2.08. The van der Waals surface area contributed by atoms with Crippen molar-refractivity contribution in [1.29, 1.82) is 0 Å². The summed E-state index contributed by atoms with van der Waals surface area (Å²) in [5.74, 6) is 0.109. The zero-order valence-corrected chi connectivity index (χ0v) is 17.7. The summed E-state index contributed by atoms with van der Waals surface area (Å²) in [6, 6.07) is 16.1. The first-order chi connectivity index (χ1) is 14.5. The number of carbonyl (C=O) groups is 2. The number of ether oxygens (including phenoxy) is 3. The first-order valence-electron chi connectivity index (χ1n) is 9.66. The third-order valence-corrected chi connectivity index (χ3v) is 4.56. The van der Waals surface area contributed by atoms with Crippen LogP contribution in [0.5, 0.6) is 5.75 Å². The van der Waals surface area contributed by atoms with Gasteiger partial charge in [0.1, 0.15) is 18.5 Å². The molecule has 2 atom stereocenters. The van der Waals surface area contributed by atoms with Gasteiger partial charge >= 0.3 is 12.1 Å². The lowest BCUT2D eigenvalue weighted by Gasteiger charge is -2.25. The van der Waals surface area contributed by atoms with Crippen molar-refractivity contribution < 1.29 is 28.9 Å². The van der Waals surface area contributed by atoms with E-state index in [0.717, 1.165) is 5.56 Å². The van der Waals surface area contributed by atoms with Gasteiger partial charge in [0.05, 0.1) is 19.0 Å². The fraction of sp³-hybridized carbons (Fsp3) is 0.364. The van der Waals surface area contributed by atoms with E-state index in [-0.39, 0.29) is 31.5 Å². The molecule has 0 bridgehead atoms. The Morgan fingerprint density at radius 1 is 1.07 bits per heavy atom. The van der Waals surface area contributed by atoms with Crippen molar-refractivity contribution in [1.82, 2.24) is 0 Å². The van der Waals surface area contributed by atoms with Gasteiger partial charge in [0.2, 0.25) is 0 Å². The highest BCUT2D eigenvalue weighted by molar-refractivity contribution is 7.81. The van der Waals surface area contributed by atoms with Crippen LogP contribution in [-0.4, -0.2) is 42.7 Å². The first-order valence-corrected chi connectivity index (χ1v) is 10.3. The normalized spacial score (nSPS) is 12.5. The lowest BCUT2D eigenvalue weighted by molar-refractivity contribution is -0.141. The molecule has 0 saturated carbocycles. The molecule has 7 nitrogen and oxygen atoms in total. The van der Waals surface area contributed by atoms with E-state index in [0.29, 0.717) is 17.9 Å². The molecule has 0 aliphatic carbocycles. The first kappa shape index (κ1) is 23.6. The second-order valence-corrected chi connectivity index (χ2v) is 6.92. The van der Waals surface area contributed by atoms with Gasteiger partial charge in [0.15, 0.2) is 0 Å². The number of rotatable bonds is 11. The number of aliphatic hydroxyl groups is 1. The number of carbonyl (C=O) groups excluding carboxylic acids is 2. The average Bonchev–Trinajstić information content (AvgIpc) is 2.77. The number of benzene rings is 2. The Morgan fingerprint density at radius 2 is 1.77 bits per heavy atom. The summed E-state index contributed by atoms with van der Waals surface area (Å²) in [5, 5.41) is 11.6. The van der Waals surface area contributed by atoms with Crippen LogP contribution in [-0.2, 0) is 14.3 Å². The second kappa shape index (κ2) is 12.8. The number of amides is 1. The van der Waals surface area contributed by atoms with Crippen LogP contribution in [0, 0.1) is 5.92 Å². The maximum atomic E-state index is 12.5. The molecule has 1 amide bonds. The molecule has 2 rings (SSSR count). The summed E-state index contributed by atoms with van der Waals surface area (Å²) in [5.41, 5.74) is 1.41. The quantitative estimate of drug-likeness (QED) is 0.368. The van der Waals surface area contributed by atoms with Gasteiger partial charge in [-0.15, -0.1) is 0 Å². The molecule has 0 spiro atoms. The fourth-order valence-electron chi connectivity index (χ4n) is 2.77. The molecule has 2 aromatic carbocycles. The zero-order chi connectivity index (χ0) is 21.8. The number of para-hydroxylation sites is 1. The molecular weight excluding hydrogens is 406 g/mol. The third-order valence-electron chi connectivity index (χ3n) is 4.31. The van der Waals surface area contributed by atoms with Crippen molar-refractivity contribution in [3.05, 3.63) is 60.2 Å². The van der Waals surface area contributed by atoms with Gasteiger partial charge in [-0.1, -0.05) is 37.3 Å². The van der Waals surface area contributed by atoms with E-state index in [1.807, 2.05) is 37.3 Å². The standard InChI is InChI=1S/C22H27NO6S/c1-16(11-13-28-20(25)15-30)21(17-7-9-19(10-8-17)27-14-12-24)29-22(26)23-18-5-3-2-4-6-18/h2-10,16,21,24,30H,11-15H2,1H3,(H,23,26)/t16-,21+/m1/s1. The molecule has 0 fully saturated rings. The van der Waals surface area contributed by atoms with Gasteiger partial charge < -0.3 is 19.3 Å². The topological polar surface area (TPSA) is 94.1 Å². The lowest BCUT2D eigenvalue weighted by atomic mass is 9.94. The maximum Gasteiger partial charge on any atom is 0.412 e. The van der Waals surface area contributed by atoms with Gasteiger partial charge in [-0.25, -0.2) is 4.79 Å². The molecule has 0 radical (unpaired) electrons. The monoisotopic (exact) mass is 433 g/mol. The zero-order valence-electron chi connectivity index (χ0n) is 16.8. The van der Waals surface area contributed by atoms with Gasteiger partial charge in [-0.2, -0.15) is 12.6 Å². The van der Waals surface area contributed by atoms with E-state index in [4.69, 9.17) is 19.3 Å². The minimum atomic E-state index is -0.578. The van der Waals surface area contributed by atoms with Crippen LogP contribution >= 0.6 is 12.6 Å². The van der Waals surface area contributed by atoms with Crippen molar-refractivity contribution in [3.8, 4) is 5.75 Å². The average molecular weight is 434 g/mol. The molecule has 8 heteroatoms. The number of hydrogen-bond acceptors (Lipinski definition) is 7. The van der Waals surface area contributed by atoms with Crippen LogP contribution < -0.4 is 10.1 Å². The van der Waals surface area contributed by atoms with Crippen LogP contribution in [0.15, 0.2) is 54.6 Å². The van der Waals surface area contributed by atoms with Crippen molar-refractivity contribution in [2.24, 2.45) is 5.92 Å². The summed E-state index contributed by atoms with van der Waals surface area (Å²) in [6.07, 6.45) is -0.632. The van der Waals surface area contributed by atoms with Crippen molar-refractivity contribution >= 4 is 30.4 Å². The van der Waals surface area contributed by atoms with Gasteiger partial charge in [0.25, 0.3) is 0 Å². The van der Waals surface area contributed by atoms with E-state index in [2.05, 4.69) is 17.9 Å². The Labute approximate surface area is 181 Å². The van der Waals surface area contributed by atoms with Crippen molar-refractivity contribution in [2.45, 2.75) is 19.4 Å². The van der Waals surface area contributed by atoms with Crippen LogP contribution in [0.2, 0.25) is 0 Å². The Hall–Kier alpha value is -2.71. The number of nitrogens with one attached hydrogen (secondary N) is 1. The van der Waals surface area contributed by atoms with Crippen molar-refractivity contribution in [3.63, 3.8) is 0 Å². The highest BCUT2D eigenvalue weighted by Gasteiger charge is 2.24. The Bertz CT molecular complexity index is 784. The molecular formula is C22H27NO6S. The highest BCUT2D eigenvalue weighted by atomic mass is 32.1. The summed E-state index contributed by atoms with van der Waals surface area (Å²) < 4.78 is 16.2. The Kier molecular flexibility index (Phi) is 10.0. The molecule has 0 aliphatic heterocycles. The SMILES string of the molecule is C[C@H](CCOC(=O)CS)[C@H](OC(=O)Nc1ccccc1)c1ccc(OCCO)cc1. The number of esters is 1. The molecule has 2 N–H and O–H groups in total. The molecule has 2 aromatic rings. The number of anilines is 1. The second-order valence-electron chi connectivity index (χ2n) is 6.60. The van der Waals surface area contributed by atoms with Crippen molar-refractivity contribution in [2.75, 3.05) is 30.9 Å². The minimum absolute atomic E-state index is 0.0170. The summed E-state index contributed by atoms with van der Waals surface area (Å²) in [7, 11) is 0. The highest BCUT2D eigenvalue weighted by Crippen LogP contribution is 2.30. The van der Waals surface area contributed by atoms with Gasteiger partial charge in [-0.05, 0) is 36.2 Å². The van der Waals surface area contributed by atoms with E-state index < -0.39 is 18.2 Å². The molecule has 0 aliphatic rings. The minimum Gasteiger partial charge on any atom is -0.491 e. The third kappa shape index (κ3) is 7.96. The number of hydrogen-bond donors (Lipinski definition) is 3. The molecule has 30 heavy (non-hydrogen) atoms. The van der Waals surface area contributed by atoms with E-state index in [1.54, 1.807) is 24.3 Å². The van der Waals surface area contributed by atoms with E-state index in [9.17, 15) is 9.59 Å². The summed E-state index contributed by atoms with van der Waals surface area (Å²) in [4.78, 5) is 23.8. The van der Waals surface area contributed by atoms with Gasteiger partial charge in [-0.3, -0.25) is 10.1 Å². The molecule has 0 aromatic heterocycles. The lowest BCUT2D eigenvalue weighted by Crippen LogP contribution is -2.23. The Morgan fingerprint density at radius 3 is 2.40 bits per heavy atom. The predicted octanol–water partition coefficient (Wildman–Crippen LogP) is 3.85. The molecule has 0 unspecified atom stereocenters. The fourth-order valence-corrected chi connectivity index (χ4v) is 2.86. The molecule has 162 valence electrons. The van der Waals surface area contributed by atoms with Crippen LogP contribution in [0.1, 0.15) is 25.0 Å². The van der Waals surface area contributed by atoms with E-state index >= 15 is 0 Å².